The quantitative estimate of drug-likeness (QED) is 0.201. The third kappa shape index (κ3) is 10.9. The van der Waals surface area contributed by atoms with Crippen molar-refractivity contribution in [1.29, 1.82) is 0 Å². The van der Waals surface area contributed by atoms with Gasteiger partial charge in [0.1, 0.15) is 18.1 Å². The second-order valence-corrected chi connectivity index (χ2v) is 14.0. The lowest BCUT2D eigenvalue weighted by Gasteiger charge is -2.26. The Morgan fingerprint density at radius 3 is 2.54 bits per heavy atom. The summed E-state index contributed by atoms with van der Waals surface area (Å²) >= 11 is 0. The predicted molar refractivity (Wildman–Crippen MR) is 177 cm³/mol. The van der Waals surface area contributed by atoms with Gasteiger partial charge < -0.3 is 19.7 Å². The van der Waals surface area contributed by atoms with E-state index in [-0.39, 0.29) is 47.9 Å². The van der Waals surface area contributed by atoms with Gasteiger partial charge in [-0.25, -0.2) is 12.7 Å². The summed E-state index contributed by atoms with van der Waals surface area (Å²) in [5.41, 5.74) is 1.57. The van der Waals surface area contributed by atoms with Gasteiger partial charge in [0, 0.05) is 37.8 Å². The predicted octanol–water partition coefficient (Wildman–Crippen LogP) is 4.75. The van der Waals surface area contributed by atoms with E-state index in [1.54, 1.807) is 28.4 Å². The lowest BCUT2D eigenvalue weighted by atomic mass is 10.0. The smallest absolute Gasteiger partial charge is 0.416 e. The number of alkyl halides is 3. The molecular formula is C34H43F3N4O6S. The lowest BCUT2D eigenvalue weighted by molar-refractivity contribution is -0.137. The molecule has 0 aromatic heterocycles. The van der Waals surface area contributed by atoms with Gasteiger partial charge >= 0.3 is 6.18 Å². The highest BCUT2D eigenvalue weighted by Gasteiger charge is 2.32. The number of carbonyl (C=O) groups is 2. The van der Waals surface area contributed by atoms with Crippen LogP contribution in [0.15, 0.2) is 53.5 Å². The highest BCUT2D eigenvalue weighted by molar-refractivity contribution is 7.89. The molecule has 262 valence electrons. The van der Waals surface area contributed by atoms with Crippen molar-refractivity contribution in [2.24, 2.45) is 4.99 Å². The lowest BCUT2D eigenvalue weighted by Crippen LogP contribution is -2.37. The van der Waals surface area contributed by atoms with Crippen LogP contribution in [0.1, 0.15) is 64.7 Å². The normalized spacial score (nSPS) is 15.9. The minimum atomic E-state index is -4.58. The molecule has 0 aliphatic carbocycles. The Bertz CT molecular complexity index is 1600. The fourth-order valence-electron chi connectivity index (χ4n) is 5.38. The number of aryl methyl sites for hydroxylation is 2. The number of sulfonamides is 1. The molecule has 0 unspecified atom stereocenters. The van der Waals surface area contributed by atoms with Crippen molar-refractivity contribution in [2.45, 2.75) is 51.6 Å². The summed E-state index contributed by atoms with van der Waals surface area (Å²) in [6.45, 7) is 4.17. The Hall–Kier alpha value is -3.75. The molecule has 2 heterocycles. The number of nitrogens with one attached hydrogen (secondary N) is 1. The minimum Gasteiger partial charge on any atom is -0.494 e. The van der Waals surface area contributed by atoms with E-state index in [0.29, 0.717) is 57.7 Å². The third-order valence-corrected chi connectivity index (χ3v) is 10.0. The maximum atomic E-state index is 13.4. The minimum absolute atomic E-state index is 0.0411. The molecule has 10 nitrogen and oxygen atoms in total. The van der Waals surface area contributed by atoms with E-state index >= 15 is 0 Å². The molecule has 2 aromatic carbocycles. The summed E-state index contributed by atoms with van der Waals surface area (Å²) in [6, 6.07) is 8.64. The summed E-state index contributed by atoms with van der Waals surface area (Å²) in [4.78, 5) is 29.9. The number of hydrogen-bond acceptors (Lipinski definition) is 7. The van der Waals surface area contributed by atoms with Gasteiger partial charge in [-0.15, -0.1) is 0 Å². The van der Waals surface area contributed by atoms with Crippen LogP contribution in [0.3, 0.4) is 0 Å². The Kier molecular flexibility index (Phi) is 13.2. The number of benzene rings is 2. The molecule has 48 heavy (non-hydrogen) atoms. The zero-order chi connectivity index (χ0) is 34.7. The molecular weight excluding hydrogens is 649 g/mol. The van der Waals surface area contributed by atoms with Crippen molar-refractivity contribution in [3.05, 3.63) is 76.4 Å². The molecule has 1 saturated heterocycles. The van der Waals surface area contributed by atoms with Crippen LogP contribution in [0.2, 0.25) is 0 Å². The summed E-state index contributed by atoms with van der Waals surface area (Å²) < 4.78 is 78.3. The fraction of sp³-hybridized carbons (Fsp3) is 0.500. The van der Waals surface area contributed by atoms with Crippen molar-refractivity contribution in [3.63, 3.8) is 0 Å². The molecule has 14 heteroatoms. The van der Waals surface area contributed by atoms with Crippen LogP contribution in [0.25, 0.3) is 0 Å². The molecule has 1 fully saturated rings. The molecule has 1 N–H and O–H groups in total. The molecule has 0 spiro atoms. The molecule has 2 aliphatic heterocycles. The van der Waals surface area contributed by atoms with Gasteiger partial charge in [0.05, 0.1) is 31.1 Å². The fourth-order valence-corrected chi connectivity index (χ4v) is 6.93. The molecule has 0 radical (unpaired) electrons. The van der Waals surface area contributed by atoms with Crippen molar-refractivity contribution < 1.29 is 40.7 Å². The summed E-state index contributed by atoms with van der Waals surface area (Å²) in [5.74, 6) is -0.345. The Morgan fingerprint density at radius 1 is 1.08 bits per heavy atom. The number of likely N-dealkylation sites (N-methyl/N-ethyl adjacent to an activating group) is 1. The summed E-state index contributed by atoms with van der Waals surface area (Å²) in [7, 11) is -1.60. The van der Waals surface area contributed by atoms with Crippen LogP contribution in [0.5, 0.6) is 5.75 Å². The molecule has 0 atom stereocenters. The van der Waals surface area contributed by atoms with E-state index in [2.05, 4.69) is 10.3 Å². The molecule has 0 bridgehead atoms. The zero-order valence-electron chi connectivity index (χ0n) is 27.4. The van der Waals surface area contributed by atoms with Crippen molar-refractivity contribution in [3.8, 4) is 5.75 Å². The molecule has 2 aromatic rings. The van der Waals surface area contributed by atoms with E-state index in [1.807, 2.05) is 25.1 Å². The Balaban J connectivity index is 1.13. The number of ether oxygens (including phenoxy) is 2. The standard InChI is InChI=1S/C34H43F3N4O6S/c1-25-20-27(11-10-26(25)12-19-48(44,45)41-13-6-5-7-14-41)33(43)40(2)15-18-46-16-8-3-4-9-17-47-30-22-28(32-38-24-31(42)39-32)21-29(23-30)34(35,36)37/h3,8,10-11,20-23H,4-7,9,12-19,24H2,1-2H3,(H,38,39,42)/b8-3+. The highest BCUT2D eigenvalue weighted by Crippen LogP contribution is 2.33. The number of allylic oxidation sites excluding steroid dienone is 1. The number of unbranched alkanes of at least 4 members (excludes halogenated alkanes) is 1. The van der Waals surface area contributed by atoms with E-state index in [1.165, 1.54) is 6.07 Å². The summed E-state index contributed by atoms with van der Waals surface area (Å²) in [5, 5.41) is 2.45. The number of piperidine rings is 1. The first kappa shape index (κ1) is 37.1. The number of nitrogens with zero attached hydrogens (tertiary/aromatic N) is 3. The van der Waals surface area contributed by atoms with Crippen LogP contribution in [-0.2, 0) is 32.2 Å². The number of aliphatic imine (C=N–C) groups is 1. The number of rotatable bonds is 16. The molecule has 4 rings (SSSR count). The maximum Gasteiger partial charge on any atom is 0.416 e. The second-order valence-electron chi connectivity index (χ2n) is 11.9. The zero-order valence-corrected chi connectivity index (χ0v) is 28.2. The van der Waals surface area contributed by atoms with Crippen molar-refractivity contribution in [2.75, 3.05) is 58.8 Å². The van der Waals surface area contributed by atoms with Gasteiger partial charge in [0.2, 0.25) is 15.9 Å². The van der Waals surface area contributed by atoms with Gasteiger partial charge in [-0.2, -0.15) is 13.2 Å². The third-order valence-electron chi connectivity index (χ3n) is 8.16. The SMILES string of the molecule is Cc1cc(C(=O)N(C)CCOC/C=C/CCCOc2cc(C3=NCC(=O)N3)cc(C(F)(F)F)c2)ccc1CCS(=O)(=O)N1CCCCC1. The highest BCUT2D eigenvalue weighted by atomic mass is 32.2. The van der Waals surface area contributed by atoms with Crippen LogP contribution in [0, 0.1) is 6.92 Å². The number of carbonyl (C=O) groups excluding carboxylic acids is 2. The number of hydrogen-bond donors (Lipinski definition) is 1. The first-order valence-corrected chi connectivity index (χ1v) is 17.7. The van der Waals surface area contributed by atoms with Crippen molar-refractivity contribution >= 4 is 27.7 Å². The average molecular weight is 693 g/mol. The van der Waals surface area contributed by atoms with E-state index in [0.717, 1.165) is 42.5 Å². The van der Waals surface area contributed by atoms with Gasteiger partial charge in [0.15, 0.2) is 0 Å². The monoisotopic (exact) mass is 692 g/mol. The largest absolute Gasteiger partial charge is 0.494 e. The molecule has 0 saturated carbocycles. The number of halogens is 3. The van der Waals surface area contributed by atoms with Crippen molar-refractivity contribution in [1.82, 2.24) is 14.5 Å². The average Bonchev–Trinajstić information content (AvgIpc) is 3.50. The number of amides is 2. The van der Waals surface area contributed by atoms with Crippen LogP contribution in [0.4, 0.5) is 13.2 Å². The Labute approximate surface area is 280 Å². The Morgan fingerprint density at radius 2 is 1.85 bits per heavy atom. The molecule has 2 aliphatic rings. The number of amidine groups is 1. The second kappa shape index (κ2) is 17.1. The van der Waals surface area contributed by atoms with E-state index < -0.39 is 21.8 Å². The van der Waals surface area contributed by atoms with E-state index in [4.69, 9.17) is 9.47 Å². The first-order chi connectivity index (χ1) is 22.8. The molecule has 2 amide bonds. The maximum absolute atomic E-state index is 13.4. The topological polar surface area (TPSA) is 118 Å². The van der Waals surface area contributed by atoms with Gasteiger partial charge in [-0.3, -0.25) is 14.6 Å². The first-order valence-electron chi connectivity index (χ1n) is 16.1. The van der Waals surface area contributed by atoms with Crippen LogP contribution >= 0.6 is 0 Å². The summed E-state index contributed by atoms with van der Waals surface area (Å²) in [6.07, 6.45) is 3.60. The van der Waals surface area contributed by atoms with Crippen LogP contribution in [-0.4, -0.2) is 94.1 Å². The van der Waals surface area contributed by atoms with Crippen LogP contribution < -0.4 is 10.1 Å². The van der Waals surface area contributed by atoms with Gasteiger partial charge in [0.25, 0.3) is 5.91 Å². The van der Waals surface area contributed by atoms with Gasteiger partial charge in [-0.1, -0.05) is 24.6 Å². The van der Waals surface area contributed by atoms with E-state index in [9.17, 15) is 31.2 Å². The van der Waals surface area contributed by atoms with Gasteiger partial charge in [-0.05, 0) is 80.5 Å².